The molecule has 0 aliphatic heterocycles. The van der Waals surface area contributed by atoms with E-state index in [4.69, 9.17) is 9.72 Å². The molecule has 4 aromatic carbocycles. The quantitative estimate of drug-likeness (QED) is 0.143. The Kier molecular flexibility index (Phi) is 7.00. The van der Waals surface area contributed by atoms with Gasteiger partial charge in [0.25, 0.3) is 11.5 Å². The second kappa shape index (κ2) is 10.7. The Balaban J connectivity index is 1.39. The molecule has 1 heterocycles. The number of benzene rings is 4. The van der Waals surface area contributed by atoms with Crippen LogP contribution in [0.2, 0.25) is 0 Å². The van der Waals surface area contributed by atoms with Crippen LogP contribution in [-0.4, -0.2) is 34.5 Å². The van der Waals surface area contributed by atoms with E-state index in [0.29, 0.717) is 21.8 Å². The van der Waals surface area contributed by atoms with Crippen LogP contribution in [0, 0.1) is 6.92 Å². The van der Waals surface area contributed by atoms with Crippen LogP contribution in [-0.2, 0) is 4.79 Å². The summed E-state index contributed by atoms with van der Waals surface area (Å²) in [5, 5.41) is 7.14. The summed E-state index contributed by atoms with van der Waals surface area (Å²) in [5.74, 6) is 0.369. The van der Waals surface area contributed by atoms with Crippen molar-refractivity contribution in [3.05, 3.63) is 106 Å². The molecule has 8 heteroatoms. The van der Waals surface area contributed by atoms with Crippen LogP contribution in [0.5, 0.6) is 5.75 Å². The van der Waals surface area contributed by atoms with Gasteiger partial charge in [0.15, 0.2) is 5.16 Å². The lowest BCUT2D eigenvalue weighted by Crippen LogP contribution is -2.24. The third-order valence-corrected chi connectivity index (χ3v) is 6.91. The van der Waals surface area contributed by atoms with Gasteiger partial charge in [-0.3, -0.25) is 14.2 Å². The Bertz CT molecular complexity index is 1710. The summed E-state index contributed by atoms with van der Waals surface area (Å²) in [6.07, 6.45) is 1.58. The lowest BCUT2D eigenvalue weighted by atomic mass is 10.0. The Morgan fingerprint density at radius 2 is 1.73 bits per heavy atom. The van der Waals surface area contributed by atoms with E-state index in [0.717, 1.165) is 27.6 Å². The van der Waals surface area contributed by atoms with E-state index in [1.807, 2.05) is 79.7 Å². The van der Waals surface area contributed by atoms with E-state index in [1.165, 1.54) is 11.8 Å². The van der Waals surface area contributed by atoms with Crippen molar-refractivity contribution in [1.82, 2.24) is 15.0 Å². The first-order chi connectivity index (χ1) is 18.1. The predicted molar refractivity (Wildman–Crippen MR) is 149 cm³/mol. The van der Waals surface area contributed by atoms with Crippen LogP contribution in [0.1, 0.15) is 11.1 Å². The molecule has 0 saturated carbocycles. The Morgan fingerprint density at radius 3 is 2.54 bits per heavy atom. The molecule has 5 rings (SSSR count). The minimum Gasteiger partial charge on any atom is -0.496 e. The van der Waals surface area contributed by atoms with E-state index >= 15 is 0 Å². The minimum absolute atomic E-state index is 0.0284. The largest absolute Gasteiger partial charge is 0.496 e. The van der Waals surface area contributed by atoms with Crippen LogP contribution in [0.4, 0.5) is 0 Å². The topological polar surface area (TPSA) is 85.6 Å². The van der Waals surface area contributed by atoms with Gasteiger partial charge >= 0.3 is 0 Å². The molecule has 1 N–H and O–H groups in total. The maximum absolute atomic E-state index is 13.4. The number of aryl methyl sites for hydroxylation is 1. The van der Waals surface area contributed by atoms with Crippen LogP contribution in [0.15, 0.2) is 100.0 Å². The molecule has 0 bridgehead atoms. The highest BCUT2D eigenvalue weighted by Crippen LogP contribution is 2.26. The summed E-state index contributed by atoms with van der Waals surface area (Å²) in [4.78, 5) is 30.8. The van der Waals surface area contributed by atoms with Gasteiger partial charge in [-0.05, 0) is 47.5 Å². The number of para-hydroxylation sites is 2. The predicted octanol–water partition coefficient (Wildman–Crippen LogP) is 5.10. The monoisotopic (exact) mass is 508 g/mol. The number of carbonyl (C=O) groups excluding carboxylic acids is 1. The molecule has 0 spiro atoms. The highest BCUT2D eigenvalue weighted by Gasteiger charge is 2.16. The fraction of sp³-hybridized carbons (Fsp3) is 0.103. The Hall–Kier alpha value is -4.43. The zero-order chi connectivity index (χ0) is 25.8. The van der Waals surface area contributed by atoms with Gasteiger partial charge in [0.2, 0.25) is 0 Å². The van der Waals surface area contributed by atoms with Crippen molar-refractivity contribution in [2.45, 2.75) is 12.1 Å². The second-order valence-electron chi connectivity index (χ2n) is 8.32. The lowest BCUT2D eigenvalue weighted by molar-refractivity contribution is -0.118. The van der Waals surface area contributed by atoms with Gasteiger partial charge in [-0.1, -0.05) is 72.4 Å². The van der Waals surface area contributed by atoms with Gasteiger partial charge in [-0.15, -0.1) is 0 Å². The fourth-order valence-corrected chi connectivity index (χ4v) is 4.95. The maximum atomic E-state index is 13.4. The number of fused-ring (bicyclic) bond motifs is 2. The molecule has 184 valence electrons. The first kappa shape index (κ1) is 24.3. The molecule has 0 atom stereocenters. The first-order valence-corrected chi connectivity index (χ1v) is 12.6. The molecule has 1 aromatic heterocycles. The summed E-state index contributed by atoms with van der Waals surface area (Å²) < 4.78 is 7.05. The van der Waals surface area contributed by atoms with Crippen LogP contribution < -0.4 is 15.7 Å². The molecule has 0 saturated heterocycles. The van der Waals surface area contributed by atoms with Gasteiger partial charge in [0.1, 0.15) is 5.75 Å². The molecule has 0 fully saturated rings. The molecule has 7 nitrogen and oxygen atoms in total. The molecule has 1 amide bonds. The molecule has 0 unspecified atom stereocenters. The number of amides is 1. The first-order valence-electron chi connectivity index (χ1n) is 11.6. The van der Waals surface area contributed by atoms with E-state index < -0.39 is 0 Å². The highest BCUT2D eigenvalue weighted by molar-refractivity contribution is 7.99. The smallest absolute Gasteiger partial charge is 0.266 e. The number of hydrazone groups is 1. The molecular weight excluding hydrogens is 484 g/mol. The molecule has 0 aliphatic rings. The van der Waals surface area contributed by atoms with Gasteiger partial charge < -0.3 is 4.74 Å². The summed E-state index contributed by atoms with van der Waals surface area (Å²) in [5.41, 5.74) is 5.43. The minimum atomic E-state index is -0.320. The molecule has 0 aliphatic carbocycles. The number of methoxy groups -OCH3 is 1. The number of hydrogen-bond donors (Lipinski definition) is 1. The van der Waals surface area contributed by atoms with E-state index in [-0.39, 0.29) is 17.2 Å². The molecule has 5 aromatic rings. The van der Waals surface area contributed by atoms with Gasteiger partial charge in [-0.2, -0.15) is 5.10 Å². The zero-order valence-corrected chi connectivity index (χ0v) is 21.2. The Labute approximate surface area is 217 Å². The molecular formula is C29H24N4O3S. The van der Waals surface area contributed by atoms with E-state index in [2.05, 4.69) is 10.5 Å². The zero-order valence-electron chi connectivity index (χ0n) is 20.3. The summed E-state index contributed by atoms with van der Waals surface area (Å²) in [6.45, 7) is 1.94. The third kappa shape index (κ3) is 4.96. The van der Waals surface area contributed by atoms with Crippen molar-refractivity contribution >= 4 is 45.6 Å². The van der Waals surface area contributed by atoms with Crippen molar-refractivity contribution in [3.8, 4) is 11.4 Å². The number of ether oxygens (including phenoxy) is 1. The number of hydrogen-bond acceptors (Lipinski definition) is 6. The number of aromatic nitrogens is 2. The van der Waals surface area contributed by atoms with Crippen molar-refractivity contribution in [2.24, 2.45) is 5.10 Å². The average molecular weight is 509 g/mol. The second-order valence-corrected chi connectivity index (χ2v) is 9.27. The number of rotatable bonds is 7. The van der Waals surface area contributed by atoms with Gasteiger partial charge in [0, 0.05) is 5.56 Å². The van der Waals surface area contributed by atoms with E-state index in [9.17, 15) is 9.59 Å². The molecule has 0 radical (unpaired) electrons. The Morgan fingerprint density at radius 1 is 1.00 bits per heavy atom. The van der Waals surface area contributed by atoms with Crippen LogP contribution in [0.25, 0.3) is 27.4 Å². The number of carbonyl (C=O) groups is 1. The molecule has 37 heavy (non-hydrogen) atoms. The number of nitrogens with one attached hydrogen (secondary N) is 1. The SMILES string of the molecule is COc1ccc2ccccc2c1/C=N\NC(=O)CSc1nc2ccccc2c(=O)n1-c1ccccc1C. The average Bonchev–Trinajstić information content (AvgIpc) is 2.92. The highest BCUT2D eigenvalue weighted by atomic mass is 32.2. The van der Waals surface area contributed by atoms with Crippen LogP contribution in [0.3, 0.4) is 0 Å². The lowest BCUT2D eigenvalue weighted by Gasteiger charge is -2.14. The van der Waals surface area contributed by atoms with E-state index in [1.54, 1.807) is 30.0 Å². The number of thioether (sulfide) groups is 1. The van der Waals surface area contributed by atoms with Gasteiger partial charge in [0.05, 0.1) is 35.7 Å². The summed E-state index contributed by atoms with van der Waals surface area (Å²) >= 11 is 1.19. The standard InChI is InChI=1S/C29H24N4O3S/c1-19-9-3-8-14-25(19)33-28(35)22-12-6-7-13-24(22)31-29(33)37-18-27(34)32-30-17-23-21-11-5-4-10-20(21)15-16-26(23)36-2/h3-17H,18H2,1-2H3,(H,32,34)/b30-17-. The summed E-state index contributed by atoms with van der Waals surface area (Å²) in [6, 6.07) is 26.6. The summed E-state index contributed by atoms with van der Waals surface area (Å²) in [7, 11) is 1.60. The maximum Gasteiger partial charge on any atom is 0.266 e. The van der Waals surface area contributed by atoms with Crippen LogP contribution >= 0.6 is 11.8 Å². The van der Waals surface area contributed by atoms with Crippen molar-refractivity contribution in [2.75, 3.05) is 12.9 Å². The van der Waals surface area contributed by atoms with Gasteiger partial charge in [-0.25, -0.2) is 10.4 Å². The van der Waals surface area contributed by atoms with Crippen molar-refractivity contribution in [3.63, 3.8) is 0 Å². The van der Waals surface area contributed by atoms with Crippen molar-refractivity contribution in [1.29, 1.82) is 0 Å². The normalized spacial score (nSPS) is 11.3. The third-order valence-electron chi connectivity index (χ3n) is 5.97. The van der Waals surface area contributed by atoms with Crippen molar-refractivity contribution < 1.29 is 9.53 Å². The number of nitrogens with zero attached hydrogens (tertiary/aromatic N) is 3. The fourth-order valence-electron chi connectivity index (χ4n) is 4.15.